The summed E-state index contributed by atoms with van der Waals surface area (Å²) in [6.07, 6.45) is 0.298. The van der Waals surface area contributed by atoms with Crippen molar-refractivity contribution in [3.8, 4) is 0 Å². The van der Waals surface area contributed by atoms with Crippen LogP contribution in [-0.4, -0.2) is 44.8 Å². The quantitative estimate of drug-likeness (QED) is 0.424. The third-order valence-corrected chi connectivity index (χ3v) is 7.81. The van der Waals surface area contributed by atoms with Crippen LogP contribution in [0.4, 0.5) is 10.1 Å². The van der Waals surface area contributed by atoms with Crippen LogP contribution >= 0.6 is 11.6 Å². The van der Waals surface area contributed by atoms with Crippen molar-refractivity contribution in [2.45, 2.75) is 30.8 Å². The summed E-state index contributed by atoms with van der Waals surface area (Å²) in [5.41, 5.74) is 0.864. The predicted molar refractivity (Wildman–Crippen MR) is 138 cm³/mol. The molecule has 0 saturated carbocycles. The smallest absolute Gasteiger partial charge is 0.264 e. The first kappa shape index (κ1) is 27.2. The SMILES string of the molecule is CCC(C(=O)NC)N(Cc1ccccc1Cl)C(=O)CN(c1ccccc1)S(=O)(=O)c1ccc(F)cc1. The molecule has 2 amide bonds. The zero-order chi connectivity index (χ0) is 26.3. The number of para-hydroxylation sites is 1. The normalized spacial score (nSPS) is 12.0. The third kappa shape index (κ3) is 6.22. The molecule has 1 atom stereocenters. The zero-order valence-electron chi connectivity index (χ0n) is 19.9. The molecular weight excluding hydrogens is 505 g/mol. The number of carbonyl (C=O) groups is 2. The summed E-state index contributed by atoms with van der Waals surface area (Å²) in [6.45, 7) is 1.18. The molecule has 3 rings (SSSR count). The van der Waals surface area contributed by atoms with Gasteiger partial charge in [-0.1, -0.05) is 54.9 Å². The Hall–Kier alpha value is -3.43. The monoisotopic (exact) mass is 531 g/mol. The minimum Gasteiger partial charge on any atom is -0.357 e. The van der Waals surface area contributed by atoms with E-state index in [9.17, 15) is 22.4 Å². The maximum absolute atomic E-state index is 13.7. The van der Waals surface area contributed by atoms with Crippen LogP contribution in [-0.2, 0) is 26.2 Å². The molecule has 36 heavy (non-hydrogen) atoms. The zero-order valence-corrected chi connectivity index (χ0v) is 21.5. The fourth-order valence-electron chi connectivity index (χ4n) is 3.75. The first-order chi connectivity index (χ1) is 17.2. The lowest BCUT2D eigenvalue weighted by Crippen LogP contribution is -2.51. The van der Waals surface area contributed by atoms with Crippen molar-refractivity contribution in [3.63, 3.8) is 0 Å². The maximum atomic E-state index is 13.7. The lowest BCUT2D eigenvalue weighted by Gasteiger charge is -2.33. The summed E-state index contributed by atoms with van der Waals surface area (Å²) < 4.78 is 41.6. The Balaban J connectivity index is 2.04. The van der Waals surface area contributed by atoms with Crippen molar-refractivity contribution in [3.05, 3.63) is 95.3 Å². The molecule has 0 saturated heterocycles. The number of sulfonamides is 1. The van der Waals surface area contributed by atoms with Gasteiger partial charge >= 0.3 is 0 Å². The number of nitrogens with one attached hydrogen (secondary N) is 1. The van der Waals surface area contributed by atoms with Crippen LogP contribution in [0.3, 0.4) is 0 Å². The Bertz CT molecular complexity index is 1300. The Labute approximate surface area is 215 Å². The van der Waals surface area contributed by atoms with Crippen molar-refractivity contribution in [1.82, 2.24) is 10.2 Å². The lowest BCUT2D eigenvalue weighted by molar-refractivity contribution is -0.140. The summed E-state index contributed by atoms with van der Waals surface area (Å²) in [5.74, 6) is -1.57. The summed E-state index contributed by atoms with van der Waals surface area (Å²) in [4.78, 5) is 27.6. The van der Waals surface area contributed by atoms with Crippen molar-refractivity contribution in [1.29, 1.82) is 0 Å². The van der Waals surface area contributed by atoms with Gasteiger partial charge in [-0.3, -0.25) is 13.9 Å². The highest BCUT2D eigenvalue weighted by molar-refractivity contribution is 7.92. The number of nitrogens with zero attached hydrogens (tertiary/aromatic N) is 2. The van der Waals surface area contributed by atoms with Crippen LogP contribution < -0.4 is 9.62 Å². The molecule has 0 aromatic heterocycles. The second-order valence-electron chi connectivity index (χ2n) is 7.95. The van der Waals surface area contributed by atoms with Gasteiger partial charge in [0.05, 0.1) is 10.6 Å². The number of hydrogen-bond acceptors (Lipinski definition) is 4. The first-order valence-corrected chi connectivity index (χ1v) is 13.1. The third-order valence-electron chi connectivity index (χ3n) is 5.66. The topological polar surface area (TPSA) is 86.8 Å². The van der Waals surface area contributed by atoms with Crippen molar-refractivity contribution >= 4 is 39.1 Å². The number of rotatable bonds is 10. The molecule has 3 aromatic carbocycles. The highest BCUT2D eigenvalue weighted by Crippen LogP contribution is 2.25. The average molecular weight is 532 g/mol. The molecule has 10 heteroatoms. The van der Waals surface area contributed by atoms with Gasteiger partial charge in [0.25, 0.3) is 10.0 Å². The van der Waals surface area contributed by atoms with Crippen LogP contribution in [0, 0.1) is 5.82 Å². The van der Waals surface area contributed by atoms with Gasteiger partial charge in [-0.05, 0) is 54.4 Å². The van der Waals surface area contributed by atoms with Crippen molar-refractivity contribution in [2.75, 3.05) is 17.9 Å². The van der Waals surface area contributed by atoms with E-state index in [1.165, 1.54) is 11.9 Å². The molecule has 190 valence electrons. The van der Waals surface area contributed by atoms with E-state index in [4.69, 9.17) is 11.6 Å². The summed E-state index contributed by atoms with van der Waals surface area (Å²) in [7, 11) is -2.78. The van der Waals surface area contributed by atoms with Crippen molar-refractivity contribution < 1.29 is 22.4 Å². The molecular formula is C26H27ClFN3O4S. The minimum atomic E-state index is -4.25. The van der Waals surface area contributed by atoms with Gasteiger partial charge in [0.2, 0.25) is 11.8 Å². The molecule has 0 aliphatic carbocycles. The number of hydrogen-bond donors (Lipinski definition) is 1. The molecule has 0 aliphatic rings. The van der Waals surface area contributed by atoms with E-state index in [-0.39, 0.29) is 23.0 Å². The second-order valence-corrected chi connectivity index (χ2v) is 10.2. The Kier molecular flexibility index (Phi) is 9.06. The number of benzene rings is 3. The van der Waals surface area contributed by atoms with Gasteiger partial charge in [-0.25, -0.2) is 12.8 Å². The van der Waals surface area contributed by atoms with Crippen LogP contribution in [0.2, 0.25) is 5.02 Å². The predicted octanol–water partition coefficient (Wildman–Crippen LogP) is 4.23. The molecule has 0 aliphatic heterocycles. The Morgan fingerprint density at radius 1 is 0.972 bits per heavy atom. The van der Waals surface area contributed by atoms with Crippen LogP contribution in [0.25, 0.3) is 0 Å². The molecule has 1 N–H and O–H groups in total. The van der Waals surface area contributed by atoms with E-state index in [0.29, 0.717) is 17.0 Å². The molecule has 0 spiro atoms. The molecule has 0 fully saturated rings. The summed E-state index contributed by atoms with van der Waals surface area (Å²) >= 11 is 6.33. The number of anilines is 1. The van der Waals surface area contributed by atoms with Gasteiger partial charge in [0.15, 0.2) is 0 Å². The van der Waals surface area contributed by atoms with Gasteiger partial charge in [0, 0.05) is 18.6 Å². The van der Waals surface area contributed by atoms with Crippen LogP contribution in [0.15, 0.2) is 83.8 Å². The molecule has 7 nitrogen and oxygen atoms in total. The van der Waals surface area contributed by atoms with Crippen LogP contribution in [0.1, 0.15) is 18.9 Å². The second kappa shape index (κ2) is 12.0. The highest BCUT2D eigenvalue weighted by Gasteiger charge is 2.33. The average Bonchev–Trinajstić information content (AvgIpc) is 2.88. The van der Waals surface area contributed by atoms with E-state index >= 15 is 0 Å². The van der Waals surface area contributed by atoms with E-state index in [1.54, 1.807) is 61.5 Å². The van der Waals surface area contributed by atoms with E-state index in [2.05, 4.69) is 5.32 Å². The molecule has 0 bridgehead atoms. The van der Waals surface area contributed by atoms with Crippen LogP contribution in [0.5, 0.6) is 0 Å². The minimum absolute atomic E-state index is 0.00363. The number of halogens is 2. The molecule has 3 aromatic rings. The molecule has 1 unspecified atom stereocenters. The maximum Gasteiger partial charge on any atom is 0.264 e. The first-order valence-electron chi connectivity index (χ1n) is 11.3. The molecule has 0 radical (unpaired) electrons. The Morgan fingerprint density at radius 3 is 2.17 bits per heavy atom. The largest absolute Gasteiger partial charge is 0.357 e. The van der Waals surface area contributed by atoms with Crippen molar-refractivity contribution in [2.24, 2.45) is 0 Å². The van der Waals surface area contributed by atoms with E-state index < -0.39 is 34.3 Å². The van der Waals surface area contributed by atoms with Gasteiger partial charge in [0.1, 0.15) is 18.4 Å². The lowest BCUT2D eigenvalue weighted by atomic mass is 10.1. The summed E-state index contributed by atoms with van der Waals surface area (Å²) in [6, 6.07) is 18.6. The summed E-state index contributed by atoms with van der Waals surface area (Å²) in [5, 5.41) is 2.98. The fourth-order valence-corrected chi connectivity index (χ4v) is 5.36. The Morgan fingerprint density at radius 2 is 1.58 bits per heavy atom. The van der Waals surface area contributed by atoms with E-state index in [1.807, 2.05) is 0 Å². The highest BCUT2D eigenvalue weighted by atomic mass is 35.5. The van der Waals surface area contributed by atoms with Gasteiger partial charge in [-0.15, -0.1) is 0 Å². The number of amides is 2. The number of carbonyl (C=O) groups excluding carboxylic acids is 2. The standard InChI is InChI=1S/C26H27ClFN3O4S/c1-3-24(26(33)29-2)30(17-19-9-7-8-12-23(19)27)25(32)18-31(21-10-5-4-6-11-21)36(34,35)22-15-13-20(28)14-16-22/h4-16,24H,3,17-18H2,1-2H3,(H,29,33). The van der Waals surface area contributed by atoms with Gasteiger partial charge in [-0.2, -0.15) is 0 Å². The molecule has 0 heterocycles. The number of likely N-dealkylation sites (N-methyl/N-ethyl adjacent to an activating group) is 1. The van der Waals surface area contributed by atoms with Gasteiger partial charge < -0.3 is 10.2 Å². The fraction of sp³-hybridized carbons (Fsp3) is 0.231. The van der Waals surface area contributed by atoms with E-state index in [0.717, 1.165) is 28.6 Å².